The van der Waals surface area contributed by atoms with Crippen molar-refractivity contribution in [3.8, 4) is 0 Å². The molecule has 0 rings (SSSR count). The molecule has 0 fully saturated rings. The first kappa shape index (κ1) is 54.9. The number of amides is 7. The fraction of sp³-hybridized carbons (Fsp3) is 0.757. The summed E-state index contributed by atoms with van der Waals surface area (Å²) in [5.41, 5.74) is 16.9. The number of carboxylic acid groups (broad SMARTS) is 1. The van der Waals surface area contributed by atoms with Crippen LogP contribution < -0.4 is 54.4 Å². The molecular weight excluding hydrogens is 790 g/mol. The van der Waals surface area contributed by atoms with Crippen molar-refractivity contribution < 1.29 is 58.8 Å². The van der Waals surface area contributed by atoms with Crippen molar-refractivity contribution in [2.24, 2.45) is 45.9 Å². The normalized spacial score (nSPS) is 15.8. The van der Waals surface area contributed by atoms with Crippen molar-refractivity contribution in [1.29, 1.82) is 0 Å². The SMILES string of the molecule is CC[C@H](C)[C@H](NC(=O)[C@@H](CCCN=C(N)N)NC(=O)[C@H](CC(C)C)NC(=O)[C@@H](N)[C@H](O)C(C)C)C(=O)N[C@H](C(=O)NCC(=O)N[C@@H](CO)C(=O)N[C@@H](CO)C(=O)O)C(C)C. The van der Waals surface area contributed by atoms with E-state index in [2.05, 4.69) is 36.9 Å². The lowest BCUT2D eigenvalue weighted by atomic mass is 9.95. The number of carbonyl (C=O) groups is 8. The molecule has 0 radical (unpaired) electrons. The van der Waals surface area contributed by atoms with Gasteiger partial charge in [0.1, 0.15) is 42.3 Å². The molecule has 0 bridgehead atoms. The molecule has 344 valence electrons. The van der Waals surface area contributed by atoms with Crippen molar-refractivity contribution in [3.63, 3.8) is 0 Å². The molecule has 0 aliphatic carbocycles. The summed E-state index contributed by atoms with van der Waals surface area (Å²) in [5.74, 6) is -9.17. The lowest BCUT2D eigenvalue weighted by molar-refractivity contribution is -0.143. The predicted molar refractivity (Wildman–Crippen MR) is 219 cm³/mol. The van der Waals surface area contributed by atoms with E-state index >= 15 is 0 Å². The Bertz CT molecular complexity index is 1480. The summed E-state index contributed by atoms with van der Waals surface area (Å²) >= 11 is 0. The number of carboxylic acids is 1. The number of nitrogens with zero attached hydrogens (tertiary/aromatic N) is 1. The highest BCUT2D eigenvalue weighted by atomic mass is 16.4. The van der Waals surface area contributed by atoms with Crippen LogP contribution in [-0.2, 0) is 38.4 Å². The number of aliphatic carboxylic acids is 1. The molecule has 0 spiro atoms. The van der Waals surface area contributed by atoms with Gasteiger partial charge in [0.05, 0.1) is 25.9 Å². The van der Waals surface area contributed by atoms with Gasteiger partial charge in [0.25, 0.3) is 0 Å². The van der Waals surface area contributed by atoms with E-state index < -0.39 is 127 Å². The van der Waals surface area contributed by atoms with Crippen LogP contribution in [0.15, 0.2) is 4.99 Å². The number of nitrogens with two attached hydrogens (primary N) is 3. The fourth-order valence-corrected chi connectivity index (χ4v) is 5.49. The van der Waals surface area contributed by atoms with Gasteiger partial charge in [0.15, 0.2) is 5.96 Å². The van der Waals surface area contributed by atoms with E-state index in [-0.39, 0.29) is 43.6 Å². The van der Waals surface area contributed by atoms with E-state index in [9.17, 15) is 48.6 Å². The van der Waals surface area contributed by atoms with Crippen LogP contribution >= 0.6 is 0 Å². The first-order chi connectivity index (χ1) is 27.9. The number of aliphatic hydroxyl groups is 3. The number of carbonyl (C=O) groups excluding carboxylic acids is 7. The average molecular weight is 860 g/mol. The average Bonchev–Trinajstić information content (AvgIpc) is 3.17. The van der Waals surface area contributed by atoms with E-state index in [1.807, 2.05) is 19.2 Å². The molecule has 23 heteroatoms. The minimum atomic E-state index is -1.69. The second-order valence-corrected chi connectivity index (χ2v) is 15.7. The number of hydrogen-bond acceptors (Lipinski definition) is 13. The molecular formula is C37H69N11O12. The summed E-state index contributed by atoms with van der Waals surface area (Å²) in [5, 5.41) is 55.0. The highest BCUT2D eigenvalue weighted by molar-refractivity contribution is 5.97. The summed E-state index contributed by atoms with van der Waals surface area (Å²) in [6, 6.07) is -9.55. The Morgan fingerprint density at radius 1 is 0.633 bits per heavy atom. The van der Waals surface area contributed by atoms with Crippen molar-refractivity contribution >= 4 is 53.3 Å². The standard InChI is InChI=1S/C37H69N11O12/c1-9-20(8)28(35(58)47-27(18(4)5)34(57)42-14-25(51)43-23(15-49)32(55)46-24(16-50)36(59)60)48-30(53)21(11-10-12-41-37(39)40)44-31(54)22(13-17(2)3)45-33(56)26(38)29(52)19(6)7/h17-24,26-29,49-50,52H,9-16,38H2,1-8H3,(H,42,57)(H,43,51)(H,44,54)(H,45,56)(H,46,55)(H,47,58)(H,48,53)(H,59,60)(H4,39,40,41)/t20-,21+,22-,23-,24-,26-,27-,28-,29+/m0/s1. The Kier molecular flexibility index (Phi) is 25.2. The molecule has 0 unspecified atom stereocenters. The van der Waals surface area contributed by atoms with E-state index in [0.29, 0.717) is 6.42 Å². The maximum absolute atomic E-state index is 13.9. The van der Waals surface area contributed by atoms with Gasteiger partial charge in [-0.25, -0.2) is 4.79 Å². The monoisotopic (exact) mass is 860 g/mol. The lowest BCUT2D eigenvalue weighted by Gasteiger charge is -2.30. The maximum Gasteiger partial charge on any atom is 0.328 e. The molecule has 7 amide bonds. The zero-order chi connectivity index (χ0) is 46.4. The molecule has 0 aromatic rings. The largest absolute Gasteiger partial charge is 0.480 e. The Hall–Kier alpha value is -5.13. The van der Waals surface area contributed by atoms with Crippen molar-refractivity contribution in [2.75, 3.05) is 26.3 Å². The molecule has 9 atom stereocenters. The zero-order valence-electron chi connectivity index (χ0n) is 35.8. The van der Waals surface area contributed by atoms with Crippen LogP contribution in [0.5, 0.6) is 0 Å². The minimum Gasteiger partial charge on any atom is -0.480 e. The predicted octanol–water partition coefficient (Wildman–Crippen LogP) is -4.77. The van der Waals surface area contributed by atoms with Crippen LogP contribution in [0.1, 0.15) is 81.1 Å². The third kappa shape index (κ3) is 19.7. The molecule has 0 aromatic carbocycles. The minimum absolute atomic E-state index is 0.00339. The van der Waals surface area contributed by atoms with Gasteiger partial charge in [-0.15, -0.1) is 0 Å². The highest BCUT2D eigenvalue weighted by Crippen LogP contribution is 2.13. The van der Waals surface area contributed by atoms with Crippen LogP contribution in [0.4, 0.5) is 0 Å². The lowest BCUT2D eigenvalue weighted by Crippen LogP contribution is -2.61. The van der Waals surface area contributed by atoms with Gasteiger partial charge < -0.3 is 74.8 Å². The number of hydrogen-bond donors (Lipinski definition) is 14. The first-order valence-electron chi connectivity index (χ1n) is 19.9. The number of aliphatic imine (C=N–C) groups is 1. The van der Waals surface area contributed by atoms with Crippen molar-refractivity contribution in [3.05, 3.63) is 0 Å². The molecule has 0 aromatic heterocycles. The maximum atomic E-state index is 13.9. The molecule has 23 nitrogen and oxygen atoms in total. The first-order valence-corrected chi connectivity index (χ1v) is 19.9. The quantitative estimate of drug-likeness (QED) is 0.0200. The zero-order valence-corrected chi connectivity index (χ0v) is 35.8. The summed E-state index contributed by atoms with van der Waals surface area (Å²) in [7, 11) is 0. The van der Waals surface area contributed by atoms with Crippen molar-refractivity contribution in [2.45, 2.75) is 129 Å². The Morgan fingerprint density at radius 3 is 1.63 bits per heavy atom. The van der Waals surface area contributed by atoms with Crippen LogP contribution in [0.25, 0.3) is 0 Å². The molecule has 0 aliphatic heterocycles. The molecule has 0 saturated carbocycles. The van der Waals surface area contributed by atoms with Gasteiger partial charge >= 0.3 is 5.97 Å². The van der Waals surface area contributed by atoms with Gasteiger partial charge in [0, 0.05) is 6.54 Å². The molecule has 0 heterocycles. The third-order valence-electron chi connectivity index (χ3n) is 9.37. The Balaban J connectivity index is 6.18. The number of guanidine groups is 1. The number of aliphatic hydroxyl groups excluding tert-OH is 3. The smallest absolute Gasteiger partial charge is 0.328 e. The van der Waals surface area contributed by atoms with Crippen LogP contribution in [0, 0.1) is 23.7 Å². The van der Waals surface area contributed by atoms with Gasteiger partial charge in [-0.3, -0.25) is 38.6 Å². The van der Waals surface area contributed by atoms with Gasteiger partial charge in [-0.2, -0.15) is 0 Å². The van der Waals surface area contributed by atoms with Crippen molar-refractivity contribution in [1.82, 2.24) is 37.2 Å². The van der Waals surface area contributed by atoms with Gasteiger partial charge in [0.2, 0.25) is 41.4 Å². The fourth-order valence-electron chi connectivity index (χ4n) is 5.49. The van der Waals surface area contributed by atoms with Crippen LogP contribution in [-0.4, -0.2) is 148 Å². The summed E-state index contributed by atoms with van der Waals surface area (Å²) in [6.07, 6.45) is -0.448. The van der Waals surface area contributed by atoms with Crippen LogP contribution in [0.3, 0.4) is 0 Å². The van der Waals surface area contributed by atoms with E-state index in [1.54, 1.807) is 41.5 Å². The van der Waals surface area contributed by atoms with Gasteiger partial charge in [-0.1, -0.05) is 61.8 Å². The Labute approximate surface area is 350 Å². The Morgan fingerprint density at radius 2 is 1.15 bits per heavy atom. The molecule has 0 aliphatic rings. The highest BCUT2D eigenvalue weighted by Gasteiger charge is 2.35. The topological polar surface area (TPSA) is 392 Å². The third-order valence-corrected chi connectivity index (χ3v) is 9.37. The summed E-state index contributed by atoms with van der Waals surface area (Å²) in [4.78, 5) is 108. The summed E-state index contributed by atoms with van der Waals surface area (Å²) in [6.45, 7) is 11.1. The summed E-state index contributed by atoms with van der Waals surface area (Å²) < 4.78 is 0. The van der Waals surface area contributed by atoms with E-state index in [4.69, 9.17) is 27.4 Å². The van der Waals surface area contributed by atoms with E-state index in [1.165, 1.54) is 0 Å². The second kappa shape index (κ2) is 27.6. The van der Waals surface area contributed by atoms with Crippen LogP contribution in [0.2, 0.25) is 0 Å². The van der Waals surface area contributed by atoms with E-state index in [0.717, 1.165) is 0 Å². The molecule has 60 heavy (non-hydrogen) atoms. The number of nitrogens with one attached hydrogen (secondary N) is 7. The van der Waals surface area contributed by atoms with Gasteiger partial charge in [-0.05, 0) is 42.9 Å². The number of rotatable bonds is 28. The molecule has 17 N–H and O–H groups in total. The molecule has 0 saturated heterocycles. The second-order valence-electron chi connectivity index (χ2n) is 15.7.